The molecular weight excluding hydrogens is 294 g/mol. The smallest absolute Gasteiger partial charge is 0.254 e. The number of carbonyl (C=O) groups excluding carboxylic acids is 1. The number of nitrogen functional groups attached to an aromatic ring is 1. The number of amides is 1. The Kier molecular flexibility index (Phi) is 4.16. The standard InChI is InChI=1S/C15H21N7O/c16-9-5-10(7-19-6-9)20-15-11(14(18)23)8-22(21-15)13-4-2-1-3-12(13)17/h5-8,12-13H,1-4,16-17H2,(H2,18,23)(H,20,21). The summed E-state index contributed by atoms with van der Waals surface area (Å²) in [6.45, 7) is 0. The molecule has 0 spiro atoms. The molecule has 8 nitrogen and oxygen atoms in total. The van der Waals surface area contributed by atoms with Crippen molar-refractivity contribution in [2.24, 2.45) is 11.5 Å². The predicted molar refractivity (Wildman–Crippen MR) is 88.2 cm³/mol. The molecule has 0 bridgehead atoms. The third-order valence-corrected chi connectivity index (χ3v) is 4.14. The van der Waals surface area contributed by atoms with Crippen LogP contribution in [0.4, 0.5) is 17.2 Å². The first-order valence-electron chi connectivity index (χ1n) is 7.66. The number of hydrogen-bond donors (Lipinski definition) is 4. The third-order valence-electron chi connectivity index (χ3n) is 4.14. The molecule has 1 aliphatic rings. The van der Waals surface area contributed by atoms with Gasteiger partial charge in [-0.25, -0.2) is 0 Å². The van der Waals surface area contributed by atoms with E-state index in [0.717, 1.165) is 25.7 Å². The molecular formula is C15H21N7O. The van der Waals surface area contributed by atoms with Crippen molar-refractivity contribution in [3.05, 3.63) is 30.2 Å². The fraction of sp³-hybridized carbons (Fsp3) is 0.400. The maximum Gasteiger partial charge on any atom is 0.254 e. The van der Waals surface area contributed by atoms with Gasteiger partial charge in [0.15, 0.2) is 5.82 Å². The minimum Gasteiger partial charge on any atom is -0.397 e. The summed E-state index contributed by atoms with van der Waals surface area (Å²) in [5.74, 6) is -0.150. The molecule has 2 heterocycles. The molecule has 1 aliphatic carbocycles. The largest absolute Gasteiger partial charge is 0.397 e. The number of rotatable bonds is 4. The number of pyridine rings is 1. The van der Waals surface area contributed by atoms with Crippen molar-refractivity contribution in [1.82, 2.24) is 14.8 Å². The Balaban J connectivity index is 1.91. The van der Waals surface area contributed by atoms with Crippen LogP contribution in [-0.4, -0.2) is 26.7 Å². The Morgan fingerprint density at radius 3 is 2.78 bits per heavy atom. The van der Waals surface area contributed by atoms with E-state index in [9.17, 15) is 4.79 Å². The van der Waals surface area contributed by atoms with Crippen molar-refractivity contribution < 1.29 is 4.79 Å². The second-order valence-electron chi connectivity index (χ2n) is 5.88. The van der Waals surface area contributed by atoms with Crippen LogP contribution >= 0.6 is 0 Å². The Hall–Kier alpha value is -2.61. The van der Waals surface area contributed by atoms with Gasteiger partial charge in [0.25, 0.3) is 5.91 Å². The van der Waals surface area contributed by atoms with Crippen molar-refractivity contribution in [3.8, 4) is 0 Å². The molecule has 1 saturated carbocycles. The van der Waals surface area contributed by atoms with Crippen LogP contribution < -0.4 is 22.5 Å². The van der Waals surface area contributed by atoms with E-state index in [2.05, 4.69) is 15.4 Å². The van der Waals surface area contributed by atoms with Crippen LogP contribution in [0.3, 0.4) is 0 Å². The Morgan fingerprint density at radius 1 is 1.30 bits per heavy atom. The monoisotopic (exact) mass is 315 g/mol. The first-order chi connectivity index (χ1) is 11.0. The number of nitrogens with zero attached hydrogens (tertiary/aromatic N) is 3. The van der Waals surface area contributed by atoms with Crippen molar-refractivity contribution in [3.63, 3.8) is 0 Å². The number of anilines is 3. The molecule has 2 aromatic heterocycles. The van der Waals surface area contributed by atoms with Crippen molar-refractivity contribution in [2.45, 2.75) is 37.8 Å². The van der Waals surface area contributed by atoms with Crippen molar-refractivity contribution in [1.29, 1.82) is 0 Å². The van der Waals surface area contributed by atoms with Gasteiger partial charge in [0, 0.05) is 18.4 Å². The maximum atomic E-state index is 11.7. The highest BCUT2D eigenvalue weighted by Gasteiger charge is 2.26. The van der Waals surface area contributed by atoms with Gasteiger partial charge in [-0.1, -0.05) is 12.8 Å². The number of nitrogens with two attached hydrogens (primary N) is 3. The molecule has 3 rings (SSSR count). The Morgan fingerprint density at radius 2 is 2.09 bits per heavy atom. The van der Waals surface area contributed by atoms with Gasteiger partial charge < -0.3 is 22.5 Å². The minimum absolute atomic E-state index is 0.0336. The molecule has 2 unspecified atom stereocenters. The number of nitrogens with one attached hydrogen (secondary N) is 1. The zero-order valence-electron chi connectivity index (χ0n) is 12.8. The topological polar surface area (TPSA) is 138 Å². The first-order valence-corrected chi connectivity index (χ1v) is 7.66. The lowest BCUT2D eigenvalue weighted by atomic mass is 9.91. The minimum atomic E-state index is -0.542. The van der Waals surface area contributed by atoms with Gasteiger partial charge in [-0.15, -0.1) is 0 Å². The van der Waals surface area contributed by atoms with Crippen molar-refractivity contribution >= 4 is 23.1 Å². The molecule has 23 heavy (non-hydrogen) atoms. The molecule has 0 aliphatic heterocycles. The SMILES string of the molecule is NC(=O)c1cn(C2CCCCC2N)nc1Nc1cncc(N)c1. The zero-order chi connectivity index (χ0) is 16.4. The van der Waals surface area contributed by atoms with E-state index in [-0.39, 0.29) is 12.1 Å². The summed E-state index contributed by atoms with van der Waals surface area (Å²) in [4.78, 5) is 15.7. The number of carbonyl (C=O) groups is 1. The van der Waals surface area contributed by atoms with E-state index in [1.807, 2.05) is 0 Å². The molecule has 2 aromatic rings. The van der Waals surface area contributed by atoms with Crippen LogP contribution in [0.25, 0.3) is 0 Å². The zero-order valence-corrected chi connectivity index (χ0v) is 12.8. The normalized spacial score (nSPS) is 21.1. The summed E-state index contributed by atoms with van der Waals surface area (Å²) in [6, 6.07) is 1.82. The second-order valence-corrected chi connectivity index (χ2v) is 5.88. The quantitative estimate of drug-likeness (QED) is 0.667. The molecule has 1 amide bonds. The molecule has 7 N–H and O–H groups in total. The van der Waals surface area contributed by atoms with Crippen LogP contribution in [0.1, 0.15) is 42.1 Å². The molecule has 0 saturated heterocycles. The summed E-state index contributed by atoms with van der Waals surface area (Å²) in [5, 5.41) is 7.54. The lowest BCUT2D eigenvalue weighted by Crippen LogP contribution is -2.35. The van der Waals surface area contributed by atoms with E-state index < -0.39 is 5.91 Å². The summed E-state index contributed by atoms with van der Waals surface area (Å²) < 4.78 is 1.76. The first kappa shape index (κ1) is 15.3. The van der Waals surface area contributed by atoms with Crippen LogP contribution in [0.5, 0.6) is 0 Å². The number of primary amides is 1. The Labute approximate surface area is 134 Å². The van der Waals surface area contributed by atoms with Crippen LogP contribution in [0.2, 0.25) is 0 Å². The summed E-state index contributed by atoms with van der Waals surface area (Å²) in [5.41, 5.74) is 18.9. The van der Waals surface area contributed by atoms with Crippen molar-refractivity contribution in [2.75, 3.05) is 11.1 Å². The molecule has 2 atom stereocenters. The fourth-order valence-electron chi connectivity index (χ4n) is 2.97. The fourth-order valence-corrected chi connectivity index (χ4v) is 2.97. The summed E-state index contributed by atoms with van der Waals surface area (Å²) >= 11 is 0. The van der Waals surface area contributed by atoms with Gasteiger partial charge in [0.2, 0.25) is 0 Å². The van der Waals surface area contributed by atoms with Gasteiger partial charge in [-0.3, -0.25) is 14.5 Å². The summed E-state index contributed by atoms with van der Waals surface area (Å²) in [7, 11) is 0. The van der Waals surface area contributed by atoms with E-state index in [4.69, 9.17) is 17.2 Å². The second kappa shape index (κ2) is 6.25. The highest BCUT2D eigenvalue weighted by Crippen LogP contribution is 2.29. The van der Waals surface area contributed by atoms with Crippen LogP contribution in [0.15, 0.2) is 24.7 Å². The third kappa shape index (κ3) is 3.26. The highest BCUT2D eigenvalue weighted by molar-refractivity contribution is 5.98. The van der Waals surface area contributed by atoms with Gasteiger partial charge in [-0.05, 0) is 18.9 Å². The molecule has 8 heteroatoms. The van der Waals surface area contributed by atoms with E-state index in [1.165, 1.54) is 0 Å². The van der Waals surface area contributed by atoms with Crippen LogP contribution in [0, 0.1) is 0 Å². The van der Waals surface area contributed by atoms with Gasteiger partial charge in [0.1, 0.15) is 5.56 Å². The van der Waals surface area contributed by atoms with E-state index in [1.54, 1.807) is 29.3 Å². The number of aromatic nitrogens is 3. The molecule has 1 fully saturated rings. The average Bonchev–Trinajstić information content (AvgIpc) is 2.91. The molecule has 0 aromatic carbocycles. The predicted octanol–water partition coefficient (Wildman–Crippen LogP) is 1.15. The Bertz CT molecular complexity index is 712. The summed E-state index contributed by atoms with van der Waals surface area (Å²) in [6.07, 6.45) is 8.94. The van der Waals surface area contributed by atoms with Gasteiger partial charge in [0.05, 0.1) is 23.6 Å². The van der Waals surface area contributed by atoms with E-state index in [0.29, 0.717) is 22.8 Å². The molecule has 122 valence electrons. The van der Waals surface area contributed by atoms with Gasteiger partial charge >= 0.3 is 0 Å². The maximum absolute atomic E-state index is 11.7. The van der Waals surface area contributed by atoms with Gasteiger partial charge in [-0.2, -0.15) is 5.10 Å². The number of hydrogen-bond acceptors (Lipinski definition) is 6. The lowest BCUT2D eigenvalue weighted by Gasteiger charge is -2.28. The highest BCUT2D eigenvalue weighted by atomic mass is 16.1. The lowest BCUT2D eigenvalue weighted by molar-refractivity contribution is 0.100. The van der Waals surface area contributed by atoms with E-state index >= 15 is 0 Å². The van der Waals surface area contributed by atoms with Crippen LogP contribution in [-0.2, 0) is 0 Å². The average molecular weight is 315 g/mol. The molecule has 0 radical (unpaired) electrons.